The van der Waals surface area contributed by atoms with E-state index in [-0.39, 0.29) is 6.10 Å². The summed E-state index contributed by atoms with van der Waals surface area (Å²) in [6.07, 6.45) is 10.0. The zero-order valence-corrected chi connectivity index (χ0v) is 13.1. The van der Waals surface area contributed by atoms with Crippen molar-refractivity contribution in [3.8, 4) is 0 Å². The van der Waals surface area contributed by atoms with Gasteiger partial charge in [0.05, 0.1) is 6.10 Å². The molecular formula is C18H29NO. The number of aryl methyl sites for hydroxylation is 1. The van der Waals surface area contributed by atoms with Crippen molar-refractivity contribution in [2.24, 2.45) is 11.8 Å². The van der Waals surface area contributed by atoms with Crippen molar-refractivity contribution < 1.29 is 5.11 Å². The van der Waals surface area contributed by atoms with E-state index in [1.54, 1.807) is 0 Å². The fourth-order valence-electron chi connectivity index (χ4n) is 4.28. The Labute approximate surface area is 123 Å². The van der Waals surface area contributed by atoms with Gasteiger partial charge in [-0.15, -0.1) is 0 Å². The van der Waals surface area contributed by atoms with Crippen LogP contribution in [0.1, 0.15) is 74.9 Å². The maximum atomic E-state index is 10.2. The summed E-state index contributed by atoms with van der Waals surface area (Å²) in [5, 5.41) is 10.2. The van der Waals surface area contributed by atoms with Crippen LogP contribution >= 0.6 is 0 Å². The Bertz CT molecular complexity index is 454. The van der Waals surface area contributed by atoms with Crippen LogP contribution in [0.15, 0.2) is 6.07 Å². The van der Waals surface area contributed by atoms with Gasteiger partial charge in [0, 0.05) is 23.5 Å². The van der Waals surface area contributed by atoms with Crippen molar-refractivity contribution in [1.82, 2.24) is 4.57 Å². The van der Waals surface area contributed by atoms with Crippen molar-refractivity contribution in [1.29, 1.82) is 0 Å². The second-order valence-corrected chi connectivity index (χ2v) is 7.00. The lowest BCUT2D eigenvalue weighted by molar-refractivity contribution is 0.155. The van der Waals surface area contributed by atoms with Gasteiger partial charge in [-0.25, -0.2) is 0 Å². The molecule has 1 aromatic heterocycles. The molecule has 0 spiro atoms. The van der Waals surface area contributed by atoms with Gasteiger partial charge in [-0.05, 0) is 56.9 Å². The van der Waals surface area contributed by atoms with Crippen molar-refractivity contribution in [3.63, 3.8) is 0 Å². The molecule has 0 saturated heterocycles. The highest BCUT2D eigenvalue weighted by molar-refractivity contribution is 5.31. The van der Waals surface area contributed by atoms with Gasteiger partial charge >= 0.3 is 0 Å². The van der Waals surface area contributed by atoms with Gasteiger partial charge < -0.3 is 9.67 Å². The Kier molecular flexibility index (Phi) is 4.21. The quantitative estimate of drug-likeness (QED) is 0.870. The Balaban J connectivity index is 1.72. The van der Waals surface area contributed by atoms with Crippen LogP contribution in [0.4, 0.5) is 0 Å². The Morgan fingerprint density at radius 1 is 1.15 bits per heavy atom. The molecule has 3 rings (SSSR count). The topological polar surface area (TPSA) is 25.2 Å². The lowest BCUT2D eigenvalue weighted by atomic mass is 9.81. The van der Waals surface area contributed by atoms with E-state index in [1.165, 1.54) is 55.6 Å². The molecule has 1 aromatic rings. The van der Waals surface area contributed by atoms with Crippen LogP contribution in [0.25, 0.3) is 0 Å². The molecule has 1 unspecified atom stereocenters. The molecule has 2 heteroatoms. The number of aliphatic hydroxyl groups excluding tert-OH is 1. The lowest BCUT2D eigenvalue weighted by Gasteiger charge is -2.29. The summed E-state index contributed by atoms with van der Waals surface area (Å²) < 4.78 is 2.52. The molecule has 1 heterocycles. The molecule has 1 atom stereocenters. The number of rotatable bonds is 3. The van der Waals surface area contributed by atoms with Crippen LogP contribution in [0.5, 0.6) is 0 Å². The third-order valence-electron chi connectivity index (χ3n) is 5.68. The summed E-state index contributed by atoms with van der Waals surface area (Å²) in [6.45, 7) is 5.73. The highest BCUT2D eigenvalue weighted by atomic mass is 16.3. The molecule has 2 aliphatic rings. The minimum atomic E-state index is -0.213. The second kappa shape index (κ2) is 5.93. The summed E-state index contributed by atoms with van der Waals surface area (Å²) in [5.74, 6) is 1.83. The van der Waals surface area contributed by atoms with Crippen LogP contribution in [0, 0.1) is 18.8 Å². The Morgan fingerprint density at radius 2 is 1.85 bits per heavy atom. The maximum Gasteiger partial charge on any atom is 0.0807 e. The second-order valence-electron chi connectivity index (χ2n) is 7.00. The standard InChI is InChI=1S/C18H29NO/c1-3-14-7-9-15(10-8-14)12-19-13(2)11-16-17(19)5-4-6-18(16)20/h11,14-15,18,20H,3-10,12H2,1-2H3. The number of hydrogen-bond acceptors (Lipinski definition) is 1. The molecule has 1 saturated carbocycles. The van der Waals surface area contributed by atoms with Gasteiger partial charge in [0.1, 0.15) is 0 Å². The predicted molar refractivity (Wildman–Crippen MR) is 82.8 cm³/mol. The first-order valence-corrected chi connectivity index (χ1v) is 8.56. The maximum absolute atomic E-state index is 10.2. The lowest BCUT2D eigenvalue weighted by Crippen LogP contribution is -2.21. The van der Waals surface area contributed by atoms with E-state index in [0.717, 1.165) is 31.1 Å². The summed E-state index contributed by atoms with van der Waals surface area (Å²) >= 11 is 0. The molecule has 112 valence electrons. The van der Waals surface area contributed by atoms with E-state index >= 15 is 0 Å². The van der Waals surface area contributed by atoms with Gasteiger partial charge in [-0.2, -0.15) is 0 Å². The molecular weight excluding hydrogens is 246 g/mol. The first-order valence-electron chi connectivity index (χ1n) is 8.56. The summed E-state index contributed by atoms with van der Waals surface area (Å²) in [5.41, 5.74) is 4.00. The fourth-order valence-corrected chi connectivity index (χ4v) is 4.28. The zero-order valence-electron chi connectivity index (χ0n) is 13.1. The predicted octanol–water partition coefficient (Wildman–Crippen LogP) is 4.38. The van der Waals surface area contributed by atoms with E-state index in [2.05, 4.69) is 24.5 Å². The van der Waals surface area contributed by atoms with Crippen molar-refractivity contribution in [3.05, 3.63) is 23.0 Å². The number of nitrogens with zero attached hydrogens (tertiary/aromatic N) is 1. The van der Waals surface area contributed by atoms with E-state index < -0.39 is 0 Å². The van der Waals surface area contributed by atoms with Crippen LogP contribution in [-0.4, -0.2) is 9.67 Å². The molecule has 1 N–H and O–H groups in total. The third-order valence-corrected chi connectivity index (χ3v) is 5.68. The van der Waals surface area contributed by atoms with Crippen LogP contribution < -0.4 is 0 Å². The number of fused-ring (bicyclic) bond motifs is 1. The zero-order chi connectivity index (χ0) is 14.1. The highest BCUT2D eigenvalue weighted by Crippen LogP contribution is 2.35. The van der Waals surface area contributed by atoms with E-state index in [4.69, 9.17) is 0 Å². The summed E-state index contributed by atoms with van der Waals surface area (Å²) in [6, 6.07) is 2.23. The van der Waals surface area contributed by atoms with Crippen molar-refractivity contribution in [2.75, 3.05) is 0 Å². The molecule has 1 fully saturated rings. The minimum Gasteiger partial charge on any atom is -0.388 e. The monoisotopic (exact) mass is 275 g/mol. The smallest absolute Gasteiger partial charge is 0.0807 e. The first kappa shape index (κ1) is 14.2. The van der Waals surface area contributed by atoms with Crippen LogP contribution in [0.3, 0.4) is 0 Å². The molecule has 0 bridgehead atoms. The van der Waals surface area contributed by atoms with Gasteiger partial charge in [0.15, 0.2) is 0 Å². The number of hydrogen-bond donors (Lipinski definition) is 1. The number of aliphatic hydroxyl groups is 1. The Hall–Kier alpha value is -0.760. The molecule has 2 nitrogen and oxygen atoms in total. The van der Waals surface area contributed by atoms with E-state index in [0.29, 0.717) is 0 Å². The average molecular weight is 275 g/mol. The normalized spacial score (nSPS) is 30.2. The van der Waals surface area contributed by atoms with Gasteiger partial charge in [-0.3, -0.25) is 0 Å². The molecule has 2 aliphatic carbocycles. The minimum absolute atomic E-state index is 0.213. The fraction of sp³-hybridized carbons (Fsp3) is 0.778. The first-order chi connectivity index (χ1) is 9.69. The van der Waals surface area contributed by atoms with Gasteiger partial charge in [0.25, 0.3) is 0 Å². The third kappa shape index (κ3) is 2.67. The Morgan fingerprint density at radius 3 is 2.55 bits per heavy atom. The van der Waals surface area contributed by atoms with E-state index in [9.17, 15) is 5.11 Å². The SMILES string of the molecule is CCC1CCC(Cn2c(C)cc3c2CCCC3O)CC1. The van der Waals surface area contributed by atoms with Crippen molar-refractivity contribution >= 4 is 0 Å². The molecule has 0 aromatic carbocycles. The highest BCUT2D eigenvalue weighted by Gasteiger charge is 2.26. The summed E-state index contributed by atoms with van der Waals surface area (Å²) in [7, 11) is 0. The number of aromatic nitrogens is 1. The van der Waals surface area contributed by atoms with Crippen LogP contribution in [0.2, 0.25) is 0 Å². The molecule has 0 amide bonds. The largest absolute Gasteiger partial charge is 0.388 e. The van der Waals surface area contributed by atoms with E-state index in [1.807, 2.05) is 0 Å². The molecule has 0 aliphatic heterocycles. The van der Waals surface area contributed by atoms with Gasteiger partial charge in [0.2, 0.25) is 0 Å². The van der Waals surface area contributed by atoms with Crippen molar-refractivity contribution in [2.45, 2.75) is 77.9 Å². The molecule has 20 heavy (non-hydrogen) atoms. The van der Waals surface area contributed by atoms with Gasteiger partial charge in [-0.1, -0.05) is 26.2 Å². The van der Waals surface area contributed by atoms with Crippen LogP contribution in [-0.2, 0) is 13.0 Å². The average Bonchev–Trinajstić information content (AvgIpc) is 2.78. The summed E-state index contributed by atoms with van der Waals surface area (Å²) in [4.78, 5) is 0. The molecule has 0 radical (unpaired) electrons.